The Morgan fingerprint density at radius 3 is 3.00 bits per heavy atom. The highest BCUT2D eigenvalue weighted by Crippen LogP contribution is 2.45. The molecule has 0 aromatic rings. The van der Waals surface area contributed by atoms with Gasteiger partial charge < -0.3 is 5.32 Å². The number of hydrogen-bond donors (Lipinski definition) is 1. The number of hydrogen-bond acceptors (Lipinski definition) is 2. The first kappa shape index (κ1) is 7.60. The molecule has 2 unspecified atom stereocenters. The topological polar surface area (TPSA) is 52.9 Å². The van der Waals surface area contributed by atoms with E-state index < -0.39 is 0 Å². The van der Waals surface area contributed by atoms with Crippen LogP contribution in [0.15, 0.2) is 0 Å². The minimum absolute atomic E-state index is 0.150. The molecule has 1 spiro atoms. The van der Waals surface area contributed by atoms with E-state index in [9.17, 15) is 4.79 Å². The summed E-state index contributed by atoms with van der Waals surface area (Å²) < 4.78 is 0. The van der Waals surface area contributed by atoms with Gasteiger partial charge in [0.1, 0.15) is 0 Å². The zero-order chi connectivity index (χ0) is 8.60. The van der Waals surface area contributed by atoms with Gasteiger partial charge in [0.25, 0.3) is 0 Å². The van der Waals surface area contributed by atoms with Gasteiger partial charge in [0.2, 0.25) is 5.91 Å². The molecule has 2 atom stereocenters. The average Bonchev–Trinajstić information content (AvgIpc) is 2.61. The summed E-state index contributed by atoms with van der Waals surface area (Å²) in [5.74, 6) is 0.353. The molecular formula is C9H12N2O. The number of nitriles is 1. The molecule has 1 N–H and O–H groups in total. The van der Waals surface area contributed by atoms with Crippen LogP contribution >= 0.6 is 0 Å². The molecule has 1 heterocycles. The summed E-state index contributed by atoms with van der Waals surface area (Å²) in [7, 11) is 0. The third-order valence-corrected chi connectivity index (χ3v) is 3.08. The molecule has 2 fully saturated rings. The van der Waals surface area contributed by atoms with E-state index in [-0.39, 0.29) is 17.2 Å². The van der Waals surface area contributed by atoms with Crippen LogP contribution in [0.5, 0.6) is 0 Å². The maximum Gasteiger partial charge on any atom is 0.220 e. The van der Waals surface area contributed by atoms with Gasteiger partial charge in [0.15, 0.2) is 0 Å². The Morgan fingerprint density at radius 2 is 2.50 bits per heavy atom. The van der Waals surface area contributed by atoms with Crippen LogP contribution in [0, 0.1) is 22.7 Å². The monoisotopic (exact) mass is 164 g/mol. The van der Waals surface area contributed by atoms with Gasteiger partial charge in [-0.2, -0.15) is 5.26 Å². The number of nitrogens with zero attached hydrogens (tertiary/aromatic N) is 1. The van der Waals surface area contributed by atoms with Gasteiger partial charge >= 0.3 is 0 Å². The summed E-state index contributed by atoms with van der Waals surface area (Å²) in [6.45, 7) is 0.796. The van der Waals surface area contributed by atoms with E-state index >= 15 is 0 Å². The highest BCUT2D eigenvalue weighted by Gasteiger charge is 2.44. The molecule has 0 aromatic heterocycles. The van der Waals surface area contributed by atoms with Crippen molar-refractivity contribution in [3.8, 4) is 6.07 Å². The fraction of sp³-hybridized carbons (Fsp3) is 0.778. The Bertz CT molecular complexity index is 256. The first-order valence-corrected chi connectivity index (χ1v) is 4.40. The van der Waals surface area contributed by atoms with E-state index in [0.29, 0.717) is 6.42 Å². The summed E-state index contributed by atoms with van der Waals surface area (Å²) in [6.07, 6.45) is 3.59. The van der Waals surface area contributed by atoms with Crippen molar-refractivity contribution < 1.29 is 4.79 Å². The maximum absolute atomic E-state index is 11.0. The number of carbonyl (C=O) groups is 1. The summed E-state index contributed by atoms with van der Waals surface area (Å²) in [6, 6.07) is 2.29. The highest BCUT2D eigenvalue weighted by atomic mass is 16.1. The van der Waals surface area contributed by atoms with Crippen molar-refractivity contribution >= 4 is 5.91 Å². The Hall–Kier alpha value is -1.04. The van der Waals surface area contributed by atoms with E-state index in [4.69, 9.17) is 5.26 Å². The molecule has 1 amide bonds. The largest absolute Gasteiger partial charge is 0.356 e. The van der Waals surface area contributed by atoms with E-state index in [1.165, 1.54) is 0 Å². The Balaban J connectivity index is 2.07. The molecule has 2 aliphatic rings. The van der Waals surface area contributed by atoms with Gasteiger partial charge in [-0.1, -0.05) is 0 Å². The van der Waals surface area contributed by atoms with Crippen LogP contribution in [0.2, 0.25) is 0 Å². The zero-order valence-electron chi connectivity index (χ0n) is 6.97. The van der Waals surface area contributed by atoms with E-state index in [2.05, 4.69) is 11.4 Å². The molecule has 1 saturated heterocycles. The predicted molar refractivity (Wildman–Crippen MR) is 43.0 cm³/mol. The number of rotatable bonds is 0. The number of nitrogens with one attached hydrogen (secondary N) is 1. The minimum Gasteiger partial charge on any atom is -0.356 e. The van der Waals surface area contributed by atoms with Gasteiger partial charge in [0.05, 0.1) is 6.07 Å². The van der Waals surface area contributed by atoms with Crippen molar-refractivity contribution in [2.45, 2.75) is 25.7 Å². The van der Waals surface area contributed by atoms with E-state index in [1.807, 2.05) is 0 Å². The lowest BCUT2D eigenvalue weighted by molar-refractivity contribution is -0.119. The van der Waals surface area contributed by atoms with Crippen molar-refractivity contribution in [3.05, 3.63) is 0 Å². The fourth-order valence-electron chi connectivity index (χ4n) is 2.39. The highest BCUT2D eigenvalue weighted by molar-refractivity contribution is 5.79. The van der Waals surface area contributed by atoms with Gasteiger partial charge in [-0.05, 0) is 24.7 Å². The summed E-state index contributed by atoms with van der Waals surface area (Å²) >= 11 is 0. The quantitative estimate of drug-likeness (QED) is 0.576. The fourth-order valence-corrected chi connectivity index (χ4v) is 2.39. The average molecular weight is 164 g/mol. The van der Waals surface area contributed by atoms with Crippen molar-refractivity contribution in [1.82, 2.24) is 5.32 Å². The first-order valence-electron chi connectivity index (χ1n) is 4.40. The van der Waals surface area contributed by atoms with Crippen molar-refractivity contribution in [2.75, 3.05) is 6.54 Å². The standard InChI is InChI=1S/C9H12N2O/c10-5-7-1-2-9(3-7)4-8(12)11-6-9/h7H,1-4,6H2,(H,11,12). The van der Waals surface area contributed by atoms with Gasteiger partial charge in [-0.15, -0.1) is 0 Å². The van der Waals surface area contributed by atoms with Crippen LogP contribution in [0.1, 0.15) is 25.7 Å². The van der Waals surface area contributed by atoms with E-state index in [1.54, 1.807) is 0 Å². The Morgan fingerprint density at radius 1 is 1.67 bits per heavy atom. The van der Waals surface area contributed by atoms with Crippen LogP contribution in [-0.4, -0.2) is 12.5 Å². The molecule has 3 heteroatoms. The molecule has 64 valence electrons. The third kappa shape index (κ3) is 1.08. The van der Waals surface area contributed by atoms with Crippen LogP contribution < -0.4 is 5.32 Å². The minimum atomic E-state index is 0.150. The second-order valence-corrected chi connectivity index (χ2v) is 4.02. The SMILES string of the molecule is N#CC1CCC2(CNC(=O)C2)C1. The molecule has 0 radical (unpaired) electrons. The predicted octanol–water partition coefficient (Wildman–Crippen LogP) is 0.816. The summed E-state index contributed by atoms with van der Waals surface area (Å²) in [5.41, 5.74) is 0.150. The van der Waals surface area contributed by atoms with Gasteiger partial charge in [-0.3, -0.25) is 4.79 Å². The normalized spacial score (nSPS) is 39.9. The molecule has 1 saturated carbocycles. The molecule has 3 nitrogen and oxygen atoms in total. The van der Waals surface area contributed by atoms with Crippen LogP contribution in [0.4, 0.5) is 0 Å². The van der Waals surface area contributed by atoms with Gasteiger partial charge in [0, 0.05) is 18.9 Å². The lowest BCUT2D eigenvalue weighted by atomic mass is 9.84. The molecule has 1 aliphatic heterocycles. The van der Waals surface area contributed by atoms with Crippen molar-refractivity contribution in [3.63, 3.8) is 0 Å². The summed E-state index contributed by atoms with van der Waals surface area (Å²) in [5, 5.41) is 11.6. The zero-order valence-corrected chi connectivity index (χ0v) is 6.97. The van der Waals surface area contributed by atoms with Crippen molar-refractivity contribution in [2.24, 2.45) is 11.3 Å². The maximum atomic E-state index is 11.0. The Labute approximate surface area is 71.8 Å². The van der Waals surface area contributed by atoms with Gasteiger partial charge in [-0.25, -0.2) is 0 Å². The first-order chi connectivity index (χ1) is 5.74. The molecule has 1 aliphatic carbocycles. The lowest BCUT2D eigenvalue weighted by Crippen LogP contribution is -2.20. The van der Waals surface area contributed by atoms with Crippen molar-refractivity contribution in [1.29, 1.82) is 5.26 Å². The Kier molecular flexibility index (Phi) is 1.57. The van der Waals surface area contributed by atoms with Crippen LogP contribution in [0.25, 0.3) is 0 Å². The van der Waals surface area contributed by atoms with Crippen LogP contribution in [0.3, 0.4) is 0 Å². The summed E-state index contributed by atoms with van der Waals surface area (Å²) in [4.78, 5) is 11.0. The second kappa shape index (κ2) is 2.48. The van der Waals surface area contributed by atoms with Crippen LogP contribution in [-0.2, 0) is 4.79 Å². The molecule has 2 rings (SSSR count). The molecule has 12 heavy (non-hydrogen) atoms. The molecular weight excluding hydrogens is 152 g/mol. The number of amides is 1. The number of carbonyl (C=O) groups excluding carboxylic acids is 1. The molecule has 0 aromatic carbocycles. The van der Waals surface area contributed by atoms with E-state index in [0.717, 1.165) is 25.8 Å². The smallest absolute Gasteiger partial charge is 0.220 e. The second-order valence-electron chi connectivity index (χ2n) is 4.02. The lowest BCUT2D eigenvalue weighted by Gasteiger charge is -2.18. The third-order valence-electron chi connectivity index (χ3n) is 3.08. The molecule has 0 bridgehead atoms.